The molecule has 1 N–H and O–H groups in total. The first kappa shape index (κ1) is 21.7. The van der Waals surface area contributed by atoms with Gasteiger partial charge in [0, 0.05) is 28.6 Å². The Morgan fingerprint density at radius 3 is 2.45 bits per heavy atom. The van der Waals surface area contributed by atoms with E-state index in [1.54, 1.807) is 0 Å². The molecular weight excluding hydrogens is 476 g/mol. The Hall–Kier alpha value is -3.18. The number of hydrogen-bond acceptors (Lipinski definition) is 3. The van der Waals surface area contributed by atoms with E-state index in [0.717, 1.165) is 39.1 Å². The molecule has 5 rings (SSSR count). The van der Waals surface area contributed by atoms with Gasteiger partial charge in [0.2, 0.25) is 5.91 Å². The van der Waals surface area contributed by atoms with Crippen LogP contribution in [-0.4, -0.2) is 11.7 Å². The molecule has 0 aromatic heterocycles. The van der Waals surface area contributed by atoms with Crippen molar-refractivity contribution in [1.82, 2.24) is 0 Å². The fourth-order valence-electron chi connectivity index (χ4n) is 4.99. The van der Waals surface area contributed by atoms with Gasteiger partial charge in [0.15, 0.2) is 5.78 Å². The molecule has 1 amide bonds. The van der Waals surface area contributed by atoms with Crippen LogP contribution in [0.4, 0.5) is 11.4 Å². The van der Waals surface area contributed by atoms with Crippen LogP contribution in [0.1, 0.15) is 49.3 Å². The van der Waals surface area contributed by atoms with Crippen molar-refractivity contribution in [2.75, 3.05) is 10.2 Å². The Morgan fingerprint density at radius 1 is 0.970 bits per heavy atom. The number of benzene rings is 3. The summed E-state index contributed by atoms with van der Waals surface area (Å²) in [6.07, 6.45) is 1.50. The lowest BCUT2D eigenvalue weighted by Gasteiger charge is -2.35. The molecule has 1 aliphatic carbocycles. The van der Waals surface area contributed by atoms with Crippen molar-refractivity contribution < 1.29 is 9.59 Å². The summed E-state index contributed by atoms with van der Waals surface area (Å²) in [4.78, 5) is 29.0. The fourth-order valence-corrected chi connectivity index (χ4v) is 5.41. The number of amides is 1. The highest BCUT2D eigenvalue weighted by atomic mass is 79.9. The maximum atomic E-state index is 13.8. The minimum absolute atomic E-state index is 0.0130. The second-order valence-electron chi connectivity index (χ2n) is 8.55. The van der Waals surface area contributed by atoms with Gasteiger partial charge in [0.05, 0.1) is 17.4 Å². The summed E-state index contributed by atoms with van der Waals surface area (Å²) in [6, 6.07) is 25.5. The van der Waals surface area contributed by atoms with E-state index in [2.05, 4.69) is 33.4 Å². The Bertz CT molecular complexity index is 1250. The normalized spacial score (nSPS) is 19.9. The van der Waals surface area contributed by atoms with Crippen molar-refractivity contribution in [3.05, 3.63) is 106 Å². The molecule has 5 heteroatoms. The van der Waals surface area contributed by atoms with Crippen molar-refractivity contribution in [2.45, 2.75) is 38.1 Å². The number of anilines is 2. The summed E-state index contributed by atoms with van der Waals surface area (Å²) in [5.41, 5.74) is 5.33. The number of Topliss-reactive ketones (excluding diaryl/α,β-unsaturated/α-hetero) is 1. The molecule has 1 aliphatic heterocycles. The van der Waals surface area contributed by atoms with Crippen LogP contribution in [0.25, 0.3) is 0 Å². The average Bonchev–Trinajstić information content (AvgIpc) is 2.98. The SMILES string of the molecule is CCC(=O)N1c2ccccc2NC2=C(C(=O)C[C@H](c3ccccc3)C2)[C@@H]1c1cccc(Br)c1. The molecule has 0 bridgehead atoms. The van der Waals surface area contributed by atoms with E-state index >= 15 is 0 Å². The van der Waals surface area contributed by atoms with Gasteiger partial charge in [0.25, 0.3) is 0 Å². The highest BCUT2D eigenvalue weighted by Gasteiger charge is 2.41. The molecule has 3 aromatic rings. The maximum Gasteiger partial charge on any atom is 0.227 e. The van der Waals surface area contributed by atoms with Gasteiger partial charge in [-0.05, 0) is 47.7 Å². The first-order valence-electron chi connectivity index (χ1n) is 11.3. The largest absolute Gasteiger partial charge is 0.357 e. The van der Waals surface area contributed by atoms with E-state index in [-0.39, 0.29) is 17.6 Å². The van der Waals surface area contributed by atoms with E-state index in [4.69, 9.17) is 0 Å². The number of nitrogens with one attached hydrogen (secondary N) is 1. The number of carbonyl (C=O) groups is 2. The molecule has 33 heavy (non-hydrogen) atoms. The third-order valence-corrected chi connectivity index (χ3v) is 6.99. The van der Waals surface area contributed by atoms with E-state index in [0.29, 0.717) is 18.4 Å². The van der Waals surface area contributed by atoms with E-state index < -0.39 is 6.04 Å². The molecule has 0 radical (unpaired) electrons. The summed E-state index contributed by atoms with van der Waals surface area (Å²) >= 11 is 3.58. The van der Waals surface area contributed by atoms with Gasteiger partial charge in [-0.1, -0.05) is 77.5 Å². The number of para-hydroxylation sites is 2. The Morgan fingerprint density at radius 2 is 1.70 bits per heavy atom. The van der Waals surface area contributed by atoms with Crippen molar-refractivity contribution in [1.29, 1.82) is 0 Å². The third-order valence-electron chi connectivity index (χ3n) is 6.50. The Balaban J connectivity index is 1.72. The standard InChI is InChI=1S/C28H25BrN2O2/c1-2-26(33)31-24-14-7-6-13-22(24)30-23-16-20(18-9-4-3-5-10-18)17-25(32)27(23)28(31)19-11-8-12-21(29)15-19/h3-15,20,28,30H,2,16-17H2,1H3/t20-,28+/m1/s1. The number of allylic oxidation sites excluding steroid dienone is 1. The smallest absolute Gasteiger partial charge is 0.227 e. The molecular formula is C28H25BrN2O2. The quantitative estimate of drug-likeness (QED) is 0.432. The number of rotatable bonds is 3. The van der Waals surface area contributed by atoms with Crippen LogP contribution in [0.5, 0.6) is 0 Å². The monoisotopic (exact) mass is 500 g/mol. The summed E-state index contributed by atoms with van der Waals surface area (Å²) < 4.78 is 0.918. The van der Waals surface area contributed by atoms with Crippen LogP contribution in [0.3, 0.4) is 0 Å². The number of hydrogen-bond donors (Lipinski definition) is 1. The van der Waals surface area contributed by atoms with Gasteiger partial charge in [-0.2, -0.15) is 0 Å². The lowest BCUT2D eigenvalue weighted by atomic mass is 9.78. The molecule has 3 aromatic carbocycles. The Labute approximate surface area is 202 Å². The van der Waals surface area contributed by atoms with Crippen molar-refractivity contribution in [3.8, 4) is 0 Å². The number of ketones is 1. The highest BCUT2D eigenvalue weighted by Crippen LogP contribution is 2.47. The Kier molecular flexibility index (Phi) is 5.90. The van der Waals surface area contributed by atoms with Gasteiger partial charge in [-0.3, -0.25) is 14.5 Å². The van der Waals surface area contributed by atoms with Gasteiger partial charge in [-0.15, -0.1) is 0 Å². The van der Waals surface area contributed by atoms with Crippen LogP contribution in [-0.2, 0) is 9.59 Å². The molecule has 0 saturated heterocycles. The van der Waals surface area contributed by atoms with E-state index in [1.807, 2.05) is 78.6 Å². The second kappa shape index (κ2) is 8.99. The van der Waals surface area contributed by atoms with E-state index in [1.165, 1.54) is 0 Å². The van der Waals surface area contributed by atoms with Crippen molar-refractivity contribution in [3.63, 3.8) is 0 Å². The number of halogens is 1. The second-order valence-corrected chi connectivity index (χ2v) is 9.46. The lowest BCUT2D eigenvalue weighted by Crippen LogP contribution is -2.38. The summed E-state index contributed by atoms with van der Waals surface area (Å²) in [5.74, 6) is 0.180. The molecule has 166 valence electrons. The zero-order valence-electron chi connectivity index (χ0n) is 18.4. The molecule has 0 spiro atoms. The molecule has 2 atom stereocenters. The predicted octanol–water partition coefficient (Wildman–Crippen LogP) is 6.76. The molecule has 0 unspecified atom stereocenters. The van der Waals surface area contributed by atoms with Crippen LogP contribution in [0.2, 0.25) is 0 Å². The average molecular weight is 501 g/mol. The third kappa shape index (κ3) is 4.02. The highest BCUT2D eigenvalue weighted by molar-refractivity contribution is 9.10. The summed E-state index contributed by atoms with van der Waals surface area (Å²) in [6.45, 7) is 1.87. The molecule has 1 heterocycles. The van der Waals surface area contributed by atoms with Crippen molar-refractivity contribution in [2.24, 2.45) is 0 Å². The van der Waals surface area contributed by atoms with Crippen LogP contribution < -0.4 is 10.2 Å². The minimum Gasteiger partial charge on any atom is -0.357 e. The number of nitrogens with zero attached hydrogens (tertiary/aromatic N) is 1. The topological polar surface area (TPSA) is 49.4 Å². The van der Waals surface area contributed by atoms with Gasteiger partial charge >= 0.3 is 0 Å². The summed E-state index contributed by atoms with van der Waals surface area (Å²) in [7, 11) is 0. The molecule has 0 fully saturated rings. The predicted molar refractivity (Wildman–Crippen MR) is 135 cm³/mol. The van der Waals surface area contributed by atoms with Gasteiger partial charge in [-0.25, -0.2) is 0 Å². The fraction of sp³-hybridized carbons (Fsp3) is 0.214. The summed E-state index contributed by atoms with van der Waals surface area (Å²) in [5, 5.41) is 3.57. The number of fused-ring (bicyclic) bond motifs is 1. The molecule has 4 nitrogen and oxygen atoms in total. The van der Waals surface area contributed by atoms with Gasteiger partial charge < -0.3 is 5.32 Å². The lowest BCUT2D eigenvalue weighted by molar-refractivity contribution is -0.119. The first-order chi connectivity index (χ1) is 16.1. The minimum atomic E-state index is -0.481. The number of carbonyl (C=O) groups excluding carboxylic acids is 2. The van der Waals surface area contributed by atoms with Crippen LogP contribution >= 0.6 is 15.9 Å². The van der Waals surface area contributed by atoms with Crippen molar-refractivity contribution >= 4 is 39.0 Å². The van der Waals surface area contributed by atoms with Crippen LogP contribution in [0, 0.1) is 0 Å². The first-order valence-corrected chi connectivity index (χ1v) is 12.1. The zero-order chi connectivity index (χ0) is 22.9. The zero-order valence-corrected chi connectivity index (χ0v) is 20.0. The van der Waals surface area contributed by atoms with Crippen LogP contribution in [0.15, 0.2) is 94.6 Å². The van der Waals surface area contributed by atoms with Gasteiger partial charge in [0.1, 0.15) is 0 Å². The van der Waals surface area contributed by atoms with E-state index in [9.17, 15) is 9.59 Å². The molecule has 2 aliphatic rings. The molecule has 0 saturated carbocycles. The maximum absolute atomic E-state index is 13.8.